The maximum atomic E-state index is 11.9. The van der Waals surface area contributed by atoms with Crippen LogP contribution in [0, 0.1) is 0 Å². The standard InChI is InChI=1S/C12H15BrClNO2S/c1-8(5-6-18(2)17)15-12(16)9-3-4-10(13)11(14)7-9/h3-4,7-8H,5-6H2,1-2H3,(H,15,16). The van der Waals surface area contributed by atoms with Gasteiger partial charge in [-0.1, -0.05) is 11.6 Å². The number of carbonyl (C=O) groups excluding carboxylic acids is 1. The fourth-order valence-electron chi connectivity index (χ4n) is 1.36. The molecule has 0 heterocycles. The molecule has 0 aliphatic rings. The summed E-state index contributed by atoms with van der Waals surface area (Å²) in [5.74, 6) is 0.418. The Kier molecular flexibility index (Phi) is 6.32. The Morgan fingerprint density at radius 3 is 2.78 bits per heavy atom. The molecule has 6 heteroatoms. The zero-order valence-corrected chi connectivity index (χ0v) is 13.4. The Hall–Kier alpha value is -0.390. The first-order valence-corrected chi connectivity index (χ1v) is 8.36. The third-order valence-electron chi connectivity index (χ3n) is 2.40. The Bertz CT molecular complexity index is 467. The van der Waals surface area contributed by atoms with Crippen molar-refractivity contribution in [1.82, 2.24) is 5.32 Å². The first kappa shape index (κ1) is 15.7. The van der Waals surface area contributed by atoms with Crippen molar-refractivity contribution in [3.8, 4) is 0 Å². The lowest BCUT2D eigenvalue weighted by Crippen LogP contribution is -2.33. The zero-order chi connectivity index (χ0) is 13.7. The zero-order valence-electron chi connectivity index (χ0n) is 10.2. The smallest absolute Gasteiger partial charge is 0.251 e. The van der Waals surface area contributed by atoms with Gasteiger partial charge in [0.2, 0.25) is 0 Å². The molecule has 18 heavy (non-hydrogen) atoms. The summed E-state index contributed by atoms with van der Waals surface area (Å²) in [5.41, 5.74) is 0.521. The van der Waals surface area contributed by atoms with E-state index in [0.29, 0.717) is 22.8 Å². The van der Waals surface area contributed by atoms with Crippen LogP contribution < -0.4 is 5.32 Å². The summed E-state index contributed by atoms with van der Waals surface area (Å²) in [4.78, 5) is 11.9. The predicted octanol–water partition coefficient (Wildman–Crippen LogP) is 2.99. The fourth-order valence-corrected chi connectivity index (χ4v) is 2.47. The Morgan fingerprint density at radius 1 is 1.56 bits per heavy atom. The summed E-state index contributed by atoms with van der Waals surface area (Å²) in [5, 5.41) is 3.36. The van der Waals surface area contributed by atoms with E-state index >= 15 is 0 Å². The monoisotopic (exact) mass is 351 g/mol. The average Bonchev–Trinajstić information content (AvgIpc) is 2.30. The topological polar surface area (TPSA) is 46.2 Å². The van der Waals surface area contributed by atoms with Crippen LogP contribution in [0.1, 0.15) is 23.7 Å². The van der Waals surface area contributed by atoms with Gasteiger partial charge in [0.15, 0.2) is 0 Å². The van der Waals surface area contributed by atoms with Crippen LogP contribution in [0.25, 0.3) is 0 Å². The molecule has 0 fully saturated rings. The van der Waals surface area contributed by atoms with E-state index in [0.717, 1.165) is 4.47 Å². The SMILES string of the molecule is CC(CCS(C)=O)NC(=O)c1ccc(Br)c(Cl)c1. The Labute approximate surface area is 123 Å². The lowest BCUT2D eigenvalue weighted by atomic mass is 10.2. The predicted molar refractivity (Wildman–Crippen MR) is 79.6 cm³/mol. The number of hydrogen-bond acceptors (Lipinski definition) is 2. The van der Waals surface area contributed by atoms with E-state index in [9.17, 15) is 9.00 Å². The molecule has 0 aliphatic carbocycles. The maximum Gasteiger partial charge on any atom is 0.251 e. The molecule has 2 atom stereocenters. The van der Waals surface area contributed by atoms with Crippen LogP contribution in [0.3, 0.4) is 0 Å². The van der Waals surface area contributed by atoms with E-state index in [1.807, 2.05) is 6.92 Å². The number of rotatable bonds is 5. The quantitative estimate of drug-likeness (QED) is 0.885. The van der Waals surface area contributed by atoms with E-state index in [1.165, 1.54) is 0 Å². The van der Waals surface area contributed by atoms with Crippen molar-refractivity contribution in [2.45, 2.75) is 19.4 Å². The van der Waals surface area contributed by atoms with Gasteiger partial charge in [0.1, 0.15) is 0 Å². The normalized spacial score (nSPS) is 14.0. The lowest BCUT2D eigenvalue weighted by molar-refractivity contribution is 0.0939. The van der Waals surface area contributed by atoms with Gasteiger partial charge in [-0.25, -0.2) is 0 Å². The van der Waals surface area contributed by atoms with Crippen LogP contribution >= 0.6 is 27.5 Å². The van der Waals surface area contributed by atoms with E-state index in [2.05, 4.69) is 21.2 Å². The molecule has 1 amide bonds. The highest BCUT2D eigenvalue weighted by atomic mass is 79.9. The van der Waals surface area contributed by atoms with Crippen molar-refractivity contribution in [2.24, 2.45) is 0 Å². The third-order valence-corrected chi connectivity index (χ3v) is 4.44. The van der Waals surface area contributed by atoms with Crippen LogP contribution in [0.4, 0.5) is 0 Å². The number of hydrogen-bond donors (Lipinski definition) is 1. The number of carbonyl (C=O) groups is 1. The van der Waals surface area contributed by atoms with E-state index in [-0.39, 0.29) is 11.9 Å². The van der Waals surface area contributed by atoms with Crippen LogP contribution in [0.2, 0.25) is 5.02 Å². The minimum Gasteiger partial charge on any atom is -0.350 e. The average molecular weight is 353 g/mol. The maximum absolute atomic E-state index is 11.9. The summed E-state index contributed by atoms with van der Waals surface area (Å²) in [6.07, 6.45) is 2.35. The van der Waals surface area contributed by atoms with Crippen molar-refractivity contribution in [2.75, 3.05) is 12.0 Å². The number of nitrogens with one attached hydrogen (secondary N) is 1. The van der Waals surface area contributed by atoms with Crippen LogP contribution in [-0.2, 0) is 10.8 Å². The first-order chi connectivity index (χ1) is 8.40. The second-order valence-electron chi connectivity index (χ2n) is 4.07. The van der Waals surface area contributed by atoms with Crippen LogP contribution in [0.15, 0.2) is 22.7 Å². The van der Waals surface area contributed by atoms with Gasteiger partial charge in [-0.3, -0.25) is 9.00 Å². The van der Waals surface area contributed by atoms with Crippen molar-refractivity contribution in [3.05, 3.63) is 33.3 Å². The molecule has 100 valence electrons. The molecule has 0 aromatic heterocycles. The molecule has 0 saturated heterocycles. The van der Waals surface area contributed by atoms with Crippen LogP contribution in [-0.4, -0.2) is 28.2 Å². The van der Waals surface area contributed by atoms with Crippen molar-refractivity contribution in [1.29, 1.82) is 0 Å². The molecule has 0 saturated carbocycles. The Morgan fingerprint density at radius 2 is 2.22 bits per heavy atom. The van der Waals surface area contributed by atoms with E-state index in [4.69, 9.17) is 11.6 Å². The largest absolute Gasteiger partial charge is 0.350 e. The second kappa shape index (κ2) is 7.26. The minimum atomic E-state index is -0.831. The van der Waals surface area contributed by atoms with E-state index in [1.54, 1.807) is 24.5 Å². The van der Waals surface area contributed by atoms with Gasteiger partial charge in [-0.15, -0.1) is 0 Å². The molecular formula is C12H15BrClNO2S. The number of benzene rings is 1. The molecule has 0 aliphatic heterocycles. The summed E-state index contributed by atoms with van der Waals surface area (Å²) in [6.45, 7) is 1.89. The lowest BCUT2D eigenvalue weighted by Gasteiger charge is -2.13. The van der Waals surface area contributed by atoms with Crippen molar-refractivity contribution < 1.29 is 9.00 Å². The molecule has 1 aromatic rings. The van der Waals surface area contributed by atoms with Crippen molar-refractivity contribution >= 4 is 44.2 Å². The molecule has 0 bridgehead atoms. The number of amides is 1. The second-order valence-corrected chi connectivity index (χ2v) is 6.89. The van der Waals surface area contributed by atoms with E-state index < -0.39 is 10.8 Å². The molecule has 1 aromatic carbocycles. The molecule has 0 spiro atoms. The fraction of sp³-hybridized carbons (Fsp3) is 0.417. The molecule has 1 rings (SSSR count). The van der Waals surface area contributed by atoms with Gasteiger partial charge >= 0.3 is 0 Å². The number of halogens is 2. The van der Waals surface area contributed by atoms with Gasteiger partial charge in [-0.2, -0.15) is 0 Å². The molecule has 2 unspecified atom stereocenters. The highest BCUT2D eigenvalue weighted by Gasteiger charge is 2.11. The molecule has 3 nitrogen and oxygen atoms in total. The molecule has 1 N–H and O–H groups in total. The summed E-state index contributed by atoms with van der Waals surface area (Å²) < 4.78 is 11.7. The van der Waals surface area contributed by atoms with Gasteiger partial charge < -0.3 is 5.32 Å². The van der Waals surface area contributed by atoms with Crippen LogP contribution in [0.5, 0.6) is 0 Å². The van der Waals surface area contributed by atoms with Gasteiger partial charge in [0, 0.05) is 38.9 Å². The summed E-state index contributed by atoms with van der Waals surface area (Å²) in [7, 11) is -0.831. The molecule has 0 radical (unpaired) electrons. The van der Waals surface area contributed by atoms with Gasteiger partial charge in [-0.05, 0) is 47.5 Å². The highest BCUT2D eigenvalue weighted by Crippen LogP contribution is 2.23. The van der Waals surface area contributed by atoms with Gasteiger partial charge in [0.25, 0.3) is 5.91 Å². The minimum absolute atomic E-state index is 0.0103. The van der Waals surface area contributed by atoms with Crippen molar-refractivity contribution in [3.63, 3.8) is 0 Å². The molecular weight excluding hydrogens is 338 g/mol. The summed E-state index contributed by atoms with van der Waals surface area (Å²) >= 11 is 9.20. The Balaban J connectivity index is 2.59. The third kappa shape index (κ3) is 5.08. The highest BCUT2D eigenvalue weighted by molar-refractivity contribution is 9.10. The first-order valence-electron chi connectivity index (χ1n) is 5.46. The van der Waals surface area contributed by atoms with Gasteiger partial charge in [0.05, 0.1) is 5.02 Å². The summed E-state index contributed by atoms with van der Waals surface area (Å²) in [6, 6.07) is 5.05.